The van der Waals surface area contributed by atoms with Gasteiger partial charge in [-0.1, -0.05) is 151 Å². The van der Waals surface area contributed by atoms with E-state index in [-0.39, 0.29) is 19.1 Å². The molecule has 8 nitrogen and oxygen atoms in total. The number of rotatable bonds is 36. The molecule has 0 aromatic carbocycles. The molecule has 0 heterocycles. The van der Waals surface area contributed by atoms with Crippen LogP contribution >= 0.6 is 7.82 Å². The molecule has 0 saturated carbocycles. The summed E-state index contributed by atoms with van der Waals surface area (Å²) in [6.45, 7) is 4.49. The molecule has 0 rings (SSSR count). The van der Waals surface area contributed by atoms with E-state index in [1.54, 1.807) is 0 Å². The maximum atomic E-state index is 12.8. The molecule has 0 fully saturated rings. The number of quaternary nitrogens is 1. The minimum atomic E-state index is -4.56. The van der Waals surface area contributed by atoms with Crippen LogP contribution in [0.15, 0.2) is 72.9 Å². The molecule has 0 aliphatic carbocycles. The fourth-order valence-corrected chi connectivity index (χ4v) is 6.12. The Morgan fingerprint density at radius 3 is 1.68 bits per heavy atom. The zero-order chi connectivity index (χ0) is 39.3. The molecule has 0 aliphatic rings. The number of aliphatic hydroxyl groups excluding tert-OH is 1. The highest BCUT2D eigenvalue weighted by Gasteiger charge is 2.24. The molecule has 3 unspecified atom stereocenters. The van der Waals surface area contributed by atoms with Crippen molar-refractivity contribution in [3.63, 3.8) is 0 Å². The lowest BCUT2D eigenvalue weighted by molar-refractivity contribution is -0.870. The van der Waals surface area contributed by atoms with E-state index in [0.717, 1.165) is 89.9 Å². The summed E-state index contributed by atoms with van der Waals surface area (Å²) in [7, 11) is 1.27. The van der Waals surface area contributed by atoms with Gasteiger partial charge >= 0.3 is 0 Å². The van der Waals surface area contributed by atoms with Crippen molar-refractivity contribution in [1.82, 2.24) is 5.32 Å². The van der Waals surface area contributed by atoms with Gasteiger partial charge in [-0.3, -0.25) is 9.36 Å². The van der Waals surface area contributed by atoms with Crippen molar-refractivity contribution in [3.05, 3.63) is 72.9 Å². The highest BCUT2D eigenvalue weighted by molar-refractivity contribution is 7.45. The molecular formula is C44H79N2O6P. The van der Waals surface area contributed by atoms with Gasteiger partial charge in [0, 0.05) is 6.42 Å². The van der Waals surface area contributed by atoms with E-state index in [0.29, 0.717) is 23.9 Å². The lowest BCUT2D eigenvalue weighted by Crippen LogP contribution is -2.46. The quantitative estimate of drug-likeness (QED) is 0.0285. The summed E-state index contributed by atoms with van der Waals surface area (Å²) in [5.41, 5.74) is 0. The maximum absolute atomic E-state index is 12.8. The molecule has 1 amide bonds. The van der Waals surface area contributed by atoms with E-state index < -0.39 is 20.0 Å². The SMILES string of the molecule is CC/C=C\C/C=C\C/C=C\C/C=C\C/C=C\C/C=C\CCCCCCCCC(=O)NC(COP(=O)([O-])OCC[N+](C)(C)C)C(O)CCCCCCCC. The number of unbranched alkanes of at least 4 members (excludes halogenated alkanes) is 11. The number of phosphoric ester groups is 1. The topological polar surface area (TPSA) is 108 Å². The van der Waals surface area contributed by atoms with E-state index in [1.807, 2.05) is 21.1 Å². The van der Waals surface area contributed by atoms with Gasteiger partial charge in [-0.25, -0.2) is 0 Å². The van der Waals surface area contributed by atoms with Crippen molar-refractivity contribution in [2.75, 3.05) is 40.9 Å². The normalized spacial score (nSPS) is 15.2. The number of nitrogens with one attached hydrogen (secondary N) is 1. The van der Waals surface area contributed by atoms with Crippen LogP contribution in [0.3, 0.4) is 0 Å². The summed E-state index contributed by atoms with van der Waals surface area (Å²) in [5.74, 6) is -0.190. The van der Waals surface area contributed by atoms with Gasteiger partial charge < -0.3 is 28.8 Å². The Morgan fingerprint density at radius 2 is 1.15 bits per heavy atom. The first-order valence-electron chi connectivity index (χ1n) is 20.8. The van der Waals surface area contributed by atoms with Crippen molar-refractivity contribution in [2.24, 2.45) is 0 Å². The highest BCUT2D eigenvalue weighted by atomic mass is 31.2. The minimum absolute atomic E-state index is 0.00409. The molecular weight excluding hydrogens is 683 g/mol. The zero-order valence-corrected chi connectivity index (χ0v) is 35.3. The number of carbonyl (C=O) groups excluding carboxylic acids is 1. The lowest BCUT2D eigenvalue weighted by atomic mass is 10.0. The molecule has 0 spiro atoms. The predicted molar refractivity (Wildman–Crippen MR) is 223 cm³/mol. The van der Waals surface area contributed by atoms with Crippen molar-refractivity contribution in [2.45, 2.75) is 161 Å². The molecule has 0 aromatic rings. The van der Waals surface area contributed by atoms with Crippen molar-refractivity contribution in [3.8, 4) is 0 Å². The van der Waals surface area contributed by atoms with Gasteiger partial charge in [0.1, 0.15) is 13.2 Å². The minimum Gasteiger partial charge on any atom is -0.756 e. The monoisotopic (exact) mass is 763 g/mol. The van der Waals surface area contributed by atoms with Crippen LogP contribution < -0.4 is 10.2 Å². The molecule has 3 atom stereocenters. The van der Waals surface area contributed by atoms with Gasteiger partial charge in [0.05, 0.1) is 39.9 Å². The average Bonchev–Trinajstić information content (AvgIpc) is 3.10. The van der Waals surface area contributed by atoms with Gasteiger partial charge in [0.2, 0.25) is 5.91 Å². The standard InChI is InChI=1S/C44H79N2O6P/c1-6-8-10-12-14-15-16-17-18-19-20-21-22-23-24-25-26-27-28-29-30-31-32-34-36-38-44(48)45-42(43(47)37-35-33-13-11-9-7-2)41-52-53(49,50)51-40-39-46(3,4)5/h8,10,14-15,17-18,20-21,23-24,26-27,42-43,47H,6-7,9,11-13,16,19,22,25,28-41H2,1-5H3,(H-,45,48,49,50)/b10-8-,15-14-,18-17-,21-20-,24-23-,27-26-. The lowest BCUT2D eigenvalue weighted by Gasteiger charge is -2.30. The number of hydrogen-bond acceptors (Lipinski definition) is 6. The van der Waals surface area contributed by atoms with E-state index in [4.69, 9.17) is 9.05 Å². The number of nitrogens with zero attached hydrogens (tertiary/aromatic N) is 1. The number of carbonyl (C=O) groups is 1. The number of amides is 1. The average molecular weight is 763 g/mol. The third kappa shape index (κ3) is 38.0. The van der Waals surface area contributed by atoms with Crippen LogP contribution in [0.25, 0.3) is 0 Å². The predicted octanol–water partition coefficient (Wildman–Crippen LogP) is 10.6. The van der Waals surface area contributed by atoms with Gasteiger partial charge in [0.15, 0.2) is 0 Å². The van der Waals surface area contributed by atoms with Gasteiger partial charge in [-0.15, -0.1) is 0 Å². The Morgan fingerprint density at radius 1 is 0.679 bits per heavy atom. The van der Waals surface area contributed by atoms with E-state index >= 15 is 0 Å². The highest BCUT2D eigenvalue weighted by Crippen LogP contribution is 2.38. The molecule has 0 bridgehead atoms. The Labute approximate surface area is 325 Å². The number of hydrogen-bond donors (Lipinski definition) is 2. The molecule has 0 aromatic heterocycles. The summed E-state index contributed by atoms with van der Waals surface area (Å²) in [5, 5.41) is 13.7. The third-order valence-electron chi connectivity index (χ3n) is 8.71. The number of aliphatic hydroxyl groups is 1. The summed E-state index contributed by atoms with van der Waals surface area (Å²) in [6.07, 6.45) is 46.5. The van der Waals surface area contributed by atoms with Crippen molar-refractivity contribution >= 4 is 13.7 Å². The first-order chi connectivity index (χ1) is 25.5. The first kappa shape index (κ1) is 50.9. The van der Waals surface area contributed by atoms with Crippen LogP contribution in [-0.2, 0) is 18.4 Å². The van der Waals surface area contributed by atoms with E-state index in [2.05, 4.69) is 92.1 Å². The van der Waals surface area contributed by atoms with E-state index in [9.17, 15) is 19.4 Å². The summed E-state index contributed by atoms with van der Waals surface area (Å²) >= 11 is 0. The van der Waals surface area contributed by atoms with Gasteiger partial charge in [-0.05, 0) is 64.2 Å². The second-order valence-electron chi connectivity index (χ2n) is 15.0. The van der Waals surface area contributed by atoms with Crippen LogP contribution in [-0.4, -0.2) is 68.5 Å². The second kappa shape index (κ2) is 35.6. The van der Waals surface area contributed by atoms with Crippen molar-refractivity contribution < 1.29 is 32.9 Å². The summed E-state index contributed by atoms with van der Waals surface area (Å²) in [4.78, 5) is 25.1. The number of phosphoric acid groups is 1. The fourth-order valence-electron chi connectivity index (χ4n) is 5.39. The smallest absolute Gasteiger partial charge is 0.268 e. The zero-order valence-electron chi connectivity index (χ0n) is 34.4. The Balaban J connectivity index is 4.20. The Hall–Kier alpha value is -2.06. The molecule has 0 saturated heterocycles. The third-order valence-corrected chi connectivity index (χ3v) is 9.67. The van der Waals surface area contributed by atoms with E-state index in [1.165, 1.54) is 32.1 Å². The molecule has 0 radical (unpaired) electrons. The Kier molecular flexibility index (Phi) is 34.2. The van der Waals surface area contributed by atoms with Gasteiger partial charge in [0.25, 0.3) is 7.82 Å². The van der Waals surface area contributed by atoms with Crippen LogP contribution in [0.5, 0.6) is 0 Å². The van der Waals surface area contributed by atoms with Gasteiger partial charge in [-0.2, -0.15) is 0 Å². The van der Waals surface area contributed by atoms with Crippen LogP contribution in [0.4, 0.5) is 0 Å². The van der Waals surface area contributed by atoms with Crippen LogP contribution in [0, 0.1) is 0 Å². The summed E-state index contributed by atoms with van der Waals surface area (Å²) in [6, 6.07) is -0.809. The van der Waals surface area contributed by atoms with Crippen LogP contribution in [0.1, 0.15) is 149 Å². The molecule has 53 heavy (non-hydrogen) atoms. The molecule has 9 heteroatoms. The molecule has 2 N–H and O–H groups in total. The summed E-state index contributed by atoms with van der Waals surface area (Å²) < 4.78 is 23.1. The first-order valence-corrected chi connectivity index (χ1v) is 22.2. The number of likely N-dealkylation sites (N-methyl/N-ethyl adjacent to an activating group) is 1. The van der Waals surface area contributed by atoms with Crippen LogP contribution in [0.2, 0.25) is 0 Å². The Bertz CT molecular complexity index is 1090. The fraction of sp³-hybridized carbons (Fsp3) is 0.705. The second-order valence-corrected chi connectivity index (χ2v) is 16.4. The number of allylic oxidation sites excluding steroid dienone is 12. The largest absolute Gasteiger partial charge is 0.756 e. The maximum Gasteiger partial charge on any atom is 0.268 e. The molecule has 0 aliphatic heterocycles. The van der Waals surface area contributed by atoms with Crippen molar-refractivity contribution in [1.29, 1.82) is 0 Å². The molecule has 306 valence electrons.